The van der Waals surface area contributed by atoms with Crippen LogP contribution < -0.4 is 9.47 Å². The zero-order chi connectivity index (χ0) is 28.6. The third-order valence-electron chi connectivity index (χ3n) is 6.77. The van der Waals surface area contributed by atoms with E-state index in [-0.39, 0.29) is 24.2 Å². The summed E-state index contributed by atoms with van der Waals surface area (Å²) in [5.41, 5.74) is 2.04. The first-order valence-electron chi connectivity index (χ1n) is 13.3. The van der Waals surface area contributed by atoms with Gasteiger partial charge < -0.3 is 9.47 Å². The van der Waals surface area contributed by atoms with Crippen LogP contribution in [-0.4, -0.2) is 13.2 Å². The van der Waals surface area contributed by atoms with Gasteiger partial charge in [-0.1, -0.05) is 56.2 Å². The number of aryl methyl sites for hydroxylation is 4. The summed E-state index contributed by atoms with van der Waals surface area (Å²) in [6.07, 6.45) is 4.37. The summed E-state index contributed by atoms with van der Waals surface area (Å²) in [4.78, 5) is 0. The smallest absolute Gasteiger partial charge is 0.387 e. The molecule has 212 valence electrons. The topological polar surface area (TPSA) is 18.5 Å². The molecule has 40 heavy (non-hydrogen) atoms. The number of unbranched alkanes of at least 4 members (excludes halogenated alkanes) is 2. The molecule has 4 rings (SSSR count). The van der Waals surface area contributed by atoms with Crippen molar-refractivity contribution in [2.75, 3.05) is 6.61 Å². The molecule has 0 saturated heterocycles. The molecule has 0 aliphatic carbocycles. The number of alkyl halides is 2. The molecule has 0 fully saturated rings. The van der Waals surface area contributed by atoms with Crippen LogP contribution in [0.1, 0.15) is 48.4 Å². The van der Waals surface area contributed by atoms with E-state index in [1.165, 1.54) is 6.07 Å². The Labute approximate surface area is 229 Å². The van der Waals surface area contributed by atoms with Gasteiger partial charge in [-0.25, -0.2) is 17.6 Å². The first kappa shape index (κ1) is 29.3. The standard InChI is InChI=1S/C32H30F6O2/c1-2-3-4-15-39-25-13-12-22(27(33)19-25)8-5-20-7-14-26-24(16-20)11-10-23(30(26)36)9-6-21-17-28(34)31(29(35)18-21)40-32(37)38/h7,10-14,16-19,32H,2-6,8-9,15H2,1H3. The summed E-state index contributed by atoms with van der Waals surface area (Å²) in [5, 5.41) is 1.08. The third kappa shape index (κ3) is 7.49. The number of hydrogen-bond acceptors (Lipinski definition) is 2. The fraction of sp³-hybridized carbons (Fsp3) is 0.312. The Morgan fingerprint density at radius 1 is 0.675 bits per heavy atom. The molecule has 0 N–H and O–H groups in total. The molecular weight excluding hydrogens is 530 g/mol. The molecule has 0 atom stereocenters. The number of fused-ring (bicyclic) bond motifs is 1. The van der Waals surface area contributed by atoms with Crippen LogP contribution in [0.15, 0.2) is 60.7 Å². The molecular formula is C32H30F6O2. The fourth-order valence-electron chi connectivity index (χ4n) is 4.61. The average molecular weight is 561 g/mol. The van der Waals surface area contributed by atoms with Gasteiger partial charge in [0.2, 0.25) is 0 Å². The van der Waals surface area contributed by atoms with Gasteiger partial charge in [-0.15, -0.1) is 0 Å². The third-order valence-corrected chi connectivity index (χ3v) is 6.77. The minimum atomic E-state index is -3.35. The molecule has 0 saturated carbocycles. The van der Waals surface area contributed by atoms with E-state index in [4.69, 9.17) is 4.74 Å². The van der Waals surface area contributed by atoms with Gasteiger partial charge in [-0.3, -0.25) is 0 Å². The predicted octanol–water partition coefficient (Wildman–Crippen LogP) is 9.14. The van der Waals surface area contributed by atoms with Gasteiger partial charge in [0.25, 0.3) is 0 Å². The van der Waals surface area contributed by atoms with Gasteiger partial charge in [0.1, 0.15) is 17.4 Å². The molecule has 4 aromatic rings. The monoisotopic (exact) mass is 560 g/mol. The summed E-state index contributed by atoms with van der Waals surface area (Å²) >= 11 is 0. The molecule has 0 amide bonds. The highest BCUT2D eigenvalue weighted by Gasteiger charge is 2.17. The second kappa shape index (κ2) is 13.6. The molecule has 0 aliphatic heterocycles. The van der Waals surface area contributed by atoms with E-state index in [0.717, 1.165) is 37.0 Å². The van der Waals surface area contributed by atoms with E-state index in [9.17, 15) is 22.0 Å². The maximum atomic E-state index is 15.2. The van der Waals surface area contributed by atoms with Crippen LogP contribution in [0.4, 0.5) is 26.3 Å². The second-order valence-corrected chi connectivity index (χ2v) is 9.67. The van der Waals surface area contributed by atoms with Crippen molar-refractivity contribution in [3.05, 3.63) is 106 Å². The number of halogens is 6. The van der Waals surface area contributed by atoms with E-state index < -0.39 is 29.8 Å². The lowest BCUT2D eigenvalue weighted by molar-refractivity contribution is -0.0546. The van der Waals surface area contributed by atoms with Crippen molar-refractivity contribution in [2.24, 2.45) is 0 Å². The van der Waals surface area contributed by atoms with Crippen LogP contribution in [0, 0.1) is 23.3 Å². The van der Waals surface area contributed by atoms with E-state index >= 15 is 4.39 Å². The predicted molar refractivity (Wildman–Crippen MR) is 143 cm³/mol. The highest BCUT2D eigenvalue weighted by atomic mass is 19.3. The van der Waals surface area contributed by atoms with Crippen molar-refractivity contribution < 1.29 is 35.8 Å². The van der Waals surface area contributed by atoms with Gasteiger partial charge in [0.05, 0.1) is 6.61 Å². The van der Waals surface area contributed by atoms with Crippen molar-refractivity contribution >= 4 is 10.8 Å². The van der Waals surface area contributed by atoms with Crippen molar-refractivity contribution in [2.45, 2.75) is 58.5 Å². The molecule has 4 aromatic carbocycles. The zero-order valence-electron chi connectivity index (χ0n) is 22.1. The maximum absolute atomic E-state index is 15.2. The van der Waals surface area contributed by atoms with E-state index in [1.54, 1.807) is 36.4 Å². The Hall–Kier alpha value is -3.68. The molecule has 0 aromatic heterocycles. The van der Waals surface area contributed by atoms with Gasteiger partial charge in [0, 0.05) is 11.5 Å². The van der Waals surface area contributed by atoms with Crippen molar-refractivity contribution in [3.8, 4) is 11.5 Å². The normalized spacial score (nSPS) is 11.4. The minimum Gasteiger partial charge on any atom is -0.493 e. The molecule has 0 radical (unpaired) electrons. The molecule has 0 heterocycles. The quantitative estimate of drug-likeness (QED) is 0.120. The Kier molecular flexibility index (Phi) is 9.96. The lowest BCUT2D eigenvalue weighted by Crippen LogP contribution is -2.06. The summed E-state index contributed by atoms with van der Waals surface area (Å²) < 4.78 is 92.0. The van der Waals surface area contributed by atoms with Crippen LogP contribution in [-0.2, 0) is 25.7 Å². The lowest BCUT2D eigenvalue weighted by Gasteiger charge is -2.11. The van der Waals surface area contributed by atoms with Crippen LogP contribution in [0.25, 0.3) is 10.8 Å². The lowest BCUT2D eigenvalue weighted by atomic mass is 9.97. The molecule has 8 heteroatoms. The highest BCUT2D eigenvalue weighted by molar-refractivity contribution is 5.84. The molecule has 2 nitrogen and oxygen atoms in total. The van der Waals surface area contributed by atoms with E-state index in [2.05, 4.69) is 11.7 Å². The summed E-state index contributed by atoms with van der Waals surface area (Å²) in [7, 11) is 0. The second-order valence-electron chi connectivity index (χ2n) is 9.67. The van der Waals surface area contributed by atoms with E-state index in [0.29, 0.717) is 47.1 Å². The van der Waals surface area contributed by atoms with Crippen LogP contribution in [0.3, 0.4) is 0 Å². The maximum Gasteiger partial charge on any atom is 0.387 e. The number of benzene rings is 4. The number of ether oxygens (including phenoxy) is 2. The van der Waals surface area contributed by atoms with Crippen LogP contribution in [0.2, 0.25) is 0 Å². The average Bonchev–Trinajstić information content (AvgIpc) is 2.92. The first-order valence-corrected chi connectivity index (χ1v) is 13.3. The van der Waals surface area contributed by atoms with Gasteiger partial charge in [0.15, 0.2) is 17.4 Å². The Morgan fingerprint density at radius 3 is 2.08 bits per heavy atom. The number of hydrogen-bond donors (Lipinski definition) is 0. The van der Waals surface area contributed by atoms with Crippen LogP contribution in [0.5, 0.6) is 11.5 Å². The van der Waals surface area contributed by atoms with Crippen molar-refractivity contribution in [1.82, 2.24) is 0 Å². The SMILES string of the molecule is CCCCCOc1ccc(CCc2ccc3c(F)c(CCc4cc(F)c(OC(F)F)c(F)c4)ccc3c2)c(F)c1. The minimum absolute atomic E-state index is 0.0947. The Bertz CT molecular complexity index is 1430. The molecule has 0 spiro atoms. The number of rotatable bonds is 13. The largest absolute Gasteiger partial charge is 0.493 e. The van der Waals surface area contributed by atoms with Gasteiger partial charge in [-0.05, 0) is 77.9 Å². The Morgan fingerprint density at radius 2 is 1.38 bits per heavy atom. The van der Waals surface area contributed by atoms with Crippen molar-refractivity contribution in [1.29, 1.82) is 0 Å². The fourth-order valence-corrected chi connectivity index (χ4v) is 4.61. The summed E-state index contributed by atoms with van der Waals surface area (Å²) in [6.45, 7) is -0.684. The zero-order valence-corrected chi connectivity index (χ0v) is 22.1. The molecule has 0 bridgehead atoms. The molecule has 0 unspecified atom stereocenters. The van der Waals surface area contributed by atoms with Crippen molar-refractivity contribution in [3.63, 3.8) is 0 Å². The Balaban J connectivity index is 1.39. The first-order chi connectivity index (χ1) is 19.2. The molecule has 0 aliphatic rings. The summed E-state index contributed by atoms with van der Waals surface area (Å²) in [5.74, 6) is -3.87. The summed E-state index contributed by atoms with van der Waals surface area (Å²) in [6, 6.07) is 15.4. The highest BCUT2D eigenvalue weighted by Crippen LogP contribution is 2.28. The van der Waals surface area contributed by atoms with Gasteiger partial charge in [-0.2, -0.15) is 8.78 Å². The van der Waals surface area contributed by atoms with Gasteiger partial charge >= 0.3 is 6.61 Å². The van der Waals surface area contributed by atoms with Crippen LogP contribution >= 0.6 is 0 Å². The van der Waals surface area contributed by atoms with E-state index in [1.807, 2.05) is 6.07 Å².